The fraction of sp³-hybridized carbons (Fsp3) is 0.647. The summed E-state index contributed by atoms with van der Waals surface area (Å²) in [4.78, 5) is 0. The van der Waals surface area contributed by atoms with Gasteiger partial charge in [-0.25, -0.2) is 0 Å². The van der Waals surface area contributed by atoms with Crippen molar-refractivity contribution in [3.05, 3.63) is 29.3 Å². The van der Waals surface area contributed by atoms with Crippen molar-refractivity contribution >= 4 is 0 Å². The molecule has 112 valence electrons. The average molecular weight is 277 g/mol. The highest BCUT2D eigenvalue weighted by molar-refractivity contribution is 5.39. The predicted molar refractivity (Wildman–Crippen MR) is 82.3 cm³/mol. The molecule has 0 amide bonds. The number of aryl methyl sites for hydroxylation is 1. The number of hydrogen-bond donors (Lipinski definition) is 1. The summed E-state index contributed by atoms with van der Waals surface area (Å²) < 4.78 is 11.8. The maximum Gasteiger partial charge on any atom is 0.124 e. The first kappa shape index (κ1) is 15.3. The standard InChI is InChI=1S/C17H27NO2/c1-12-6-7-15(19-5)14(8-12)16-11-18-10-13(20-16)9-17(2,3)4/h6-8,13,16,18H,9-11H2,1-5H3. The molecule has 1 heterocycles. The van der Waals surface area contributed by atoms with Crippen LogP contribution in [0.3, 0.4) is 0 Å². The minimum Gasteiger partial charge on any atom is -0.496 e. The summed E-state index contributed by atoms with van der Waals surface area (Å²) in [5.41, 5.74) is 2.67. The van der Waals surface area contributed by atoms with E-state index in [1.807, 2.05) is 6.07 Å². The van der Waals surface area contributed by atoms with Crippen LogP contribution in [0.2, 0.25) is 0 Å². The highest BCUT2D eigenvalue weighted by Crippen LogP contribution is 2.33. The molecule has 1 aromatic rings. The van der Waals surface area contributed by atoms with Crippen molar-refractivity contribution in [1.29, 1.82) is 0 Å². The molecule has 0 aromatic heterocycles. The maximum atomic E-state index is 6.30. The van der Waals surface area contributed by atoms with E-state index in [4.69, 9.17) is 9.47 Å². The lowest BCUT2D eigenvalue weighted by Gasteiger charge is -2.35. The number of ether oxygens (including phenoxy) is 2. The second-order valence-corrected chi connectivity index (χ2v) is 6.92. The molecule has 0 saturated carbocycles. The van der Waals surface area contributed by atoms with Gasteiger partial charge in [-0.1, -0.05) is 32.4 Å². The molecule has 2 rings (SSSR count). The second kappa shape index (κ2) is 6.15. The topological polar surface area (TPSA) is 30.5 Å². The largest absolute Gasteiger partial charge is 0.496 e. The molecular formula is C17H27NO2. The third-order valence-electron chi connectivity index (χ3n) is 3.63. The number of benzene rings is 1. The molecule has 0 radical (unpaired) electrons. The number of morpholine rings is 1. The molecule has 20 heavy (non-hydrogen) atoms. The zero-order valence-corrected chi connectivity index (χ0v) is 13.3. The Balaban J connectivity index is 2.14. The van der Waals surface area contributed by atoms with Crippen LogP contribution < -0.4 is 10.1 Å². The second-order valence-electron chi connectivity index (χ2n) is 6.92. The molecule has 3 heteroatoms. The summed E-state index contributed by atoms with van der Waals surface area (Å²) in [6.07, 6.45) is 1.40. The summed E-state index contributed by atoms with van der Waals surface area (Å²) >= 11 is 0. The molecule has 0 aliphatic carbocycles. The van der Waals surface area contributed by atoms with Crippen LogP contribution in [-0.2, 0) is 4.74 Å². The Morgan fingerprint density at radius 1 is 1.30 bits per heavy atom. The van der Waals surface area contributed by atoms with E-state index in [-0.39, 0.29) is 17.6 Å². The summed E-state index contributed by atoms with van der Waals surface area (Å²) in [6.45, 7) is 10.7. The highest BCUT2D eigenvalue weighted by atomic mass is 16.5. The van der Waals surface area contributed by atoms with Gasteiger partial charge in [-0.3, -0.25) is 0 Å². The van der Waals surface area contributed by atoms with E-state index in [0.29, 0.717) is 0 Å². The normalized spacial score (nSPS) is 23.6. The van der Waals surface area contributed by atoms with Gasteiger partial charge in [-0.15, -0.1) is 0 Å². The van der Waals surface area contributed by atoms with Crippen molar-refractivity contribution in [1.82, 2.24) is 5.32 Å². The van der Waals surface area contributed by atoms with E-state index in [2.05, 4.69) is 45.1 Å². The Morgan fingerprint density at radius 2 is 2.05 bits per heavy atom. The van der Waals surface area contributed by atoms with Crippen molar-refractivity contribution in [2.45, 2.75) is 46.3 Å². The van der Waals surface area contributed by atoms with Gasteiger partial charge in [0.15, 0.2) is 0 Å². The van der Waals surface area contributed by atoms with Crippen LogP contribution in [0.1, 0.15) is 44.4 Å². The molecule has 1 N–H and O–H groups in total. The van der Waals surface area contributed by atoms with E-state index < -0.39 is 0 Å². The summed E-state index contributed by atoms with van der Waals surface area (Å²) in [5.74, 6) is 0.916. The van der Waals surface area contributed by atoms with Crippen LogP contribution in [0.15, 0.2) is 18.2 Å². The maximum absolute atomic E-state index is 6.30. The number of rotatable bonds is 3. The average Bonchev–Trinajstić information content (AvgIpc) is 2.37. The Kier molecular flexibility index (Phi) is 4.71. The lowest BCUT2D eigenvalue weighted by Crippen LogP contribution is -2.42. The summed E-state index contributed by atoms with van der Waals surface area (Å²) in [7, 11) is 1.72. The van der Waals surface area contributed by atoms with Crippen LogP contribution in [0, 0.1) is 12.3 Å². The summed E-state index contributed by atoms with van der Waals surface area (Å²) in [6, 6.07) is 6.28. The molecule has 0 spiro atoms. The van der Waals surface area contributed by atoms with Gasteiger partial charge in [-0.2, -0.15) is 0 Å². The van der Waals surface area contributed by atoms with Crippen molar-refractivity contribution in [3.63, 3.8) is 0 Å². The van der Waals surface area contributed by atoms with Crippen molar-refractivity contribution < 1.29 is 9.47 Å². The molecule has 1 fully saturated rings. The van der Waals surface area contributed by atoms with E-state index in [1.54, 1.807) is 7.11 Å². The minimum absolute atomic E-state index is 0.0750. The molecule has 0 bridgehead atoms. The Labute approximate surface area is 122 Å². The Bertz CT molecular complexity index is 451. The van der Waals surface area contributed by atoms with Crippen LogP contribution in [0.4, 0.5) is 0 Å². The van der Waals surface area contributed by atoms with Gasteiger partial charge in [0.2, 0.25) is 0 Å². The van der Waals surface area contributed by atoms with E-state index in [1.165, 1.54) is 5.56 Å². The quantitative estimate of drug-likeness (QED) is 0.917. The van der Waals surface area contributed by atoms with E-state index in [0.717, 1.165) is 30.8 Å². The molecule has 1 aromatic carbocycles. The van der Waals surface area contributed by atoms with Gasteiger partial charge in [0.25, 0.3) is 0 Å². The van der Waals surface area contributed by atoms with Gasteiger partial charge in [0, 0.05) is 18.7 Å². The molecule has 1 saturated heterocycles. The zero-order valence-electron chi connectivity index (χ0n) is 13.3. The number of hydrogen-bond acceptors (Lipinski definition) is 3. The van der Waals surface area contributed by atoms with Crippen molar-refractivity contribution in [3.8, 4) is 5.75 Å². The van der Waals surface area contributed by atoms with Crippen LogP contribution >= 0.6 is 0 Å². The molecule has 2 atom stereocenters. The first-order valence-corrected chi connectivity index (χ1v) is 7.40. The van der Waals surface area contributed by atoms with Crippen LogP contribution in [0.5, 0.6) is 5.75 Å². The zero-order chi connectivity index (χ0) is 14.8. The first-order valence-electron chi connectivity index (χ1n) is 7.40. The van der Waals surface area contributed by atoms with Crippen molar-refractivity contribution in [2.24, 2.45) is 5.41 Å². The first-order chi connectivity index (χ1) is 9.39. The number of nitrogens with one attached hydrogen (secondary N) is 1. The monoisotopic (exact) mass is 277 g/mol. The minimum atomic E-state index is 0.0750. The third-order valence-corrected chi connectivity index (χ3v) is 3.63. The number of methoxy groups -OCH3 is 1. The highest BCUT2D eigenvalue weighted by Gasteiger charge is 2.28. The van der Waals surface area contributed by atoms with Gasteiger partial charge >= 0.3 is 0 Å². The fourth-order valence-corrected chi connectivity index (χ4v) is 2.80. The Hall–Kier alpha value is -1.06. The molecule has 1 aliphatic heterocycles. The lowest BCUT2D eigenvalue weighted by atomic mass is 9.88. The van der Waals surface area contributed by atoms with Crippen molar-refractivity contribution in [2.75, 3.05) is 20.2 Å². The molecule has 3 nitrogen and oxygen atoms in total. The molecule has 2 unspecified atom stereocenters. The predicted octanol–water partition coefficient (Wildman–Crippen LogP) is 3.47. The SMILES string of the molecule is COc1ccc(C)cc1C1CNCC(CC(C)(C)C)O1. The molecular weight excluding hydrogens is 250 g/mol. The van der Waals surface area contributed by atoms with E-state index in [9.17, 15) is 0 Å². The fourth-order valence-electron chi connectivity index (χ4n) is 2.80. The smallest absolute Gasteiger partial charge is 0.124 e. The van der Waals surface area contributed by atoms with Gasteiger partial charge in [-0.05, 0) is 30.9 Å². The Morgan fingerprint density at radius 3 is 2.70 bits per heavy atom. The summed E-state index contributed by atoms with van der Waals surface area (Å²) in [5, 5.41) is 3.50. The lowest BCUT2D eigenvalue weighted by molar-refractivity contribution is -0.0560. The van der Waals surface area contributed by atoms with Crippen LogP contribution in [-0.4, -0.2) is 26.3 Å². The van der Waals surface area contributed by atoms with Gasteiger partial charge in [0.05, 0.1) is 19.3 Å². The van der Waals surface area contributed by atoms with E-state index >= 15 is 0 Å². The van der Waals surface area contributed by atoms with Crippen LogP contribution in [0.25, 0.3) is 0 Å². The molecule has 1 aliphatic rings. The van der Waals surface area contributed by atoms with Gasteiger partial charge < -0.3 is 14.8 Å². The third kappa shape index (κ3) is 3.97. The van der Waals surface area contributed by atoms with Gasteiger partial charge in [0.1, 0.15) is 5.75 Å².